The van der Waals surface area contributed by atoms with Crippen LogP contribution in [-0.4, -0.2) is 0 Å². The number of hydrogen-bond acceptors (Lipinski definition) is 0. The molecule has 1 aromatic carbocycles. The van der Waals surface area contributed by atoms with Gasteiger partial charge in [0.25, 0.3) is 0 Å². The van der Waals surface area contributed by atoms with Crippen LogP contribution in [0, 0.1) is 24.7 Å². The average Bonchev–Trinajstić information content (AvgIpc) is 2.05. The van der Waals surface area contributed by atoms with Crippen molar-refractivity contribution < 1.29 is 40.6 Å². The van der Waals surface area contributed by atoms with E-state index < -0.39 is 0 Å². The zero-order valence-corrected chi connectivity index (χ0v) is 7.46. The molecule has 12 heavy (non-hydrogen) atoms. The Morgan fingerprint density at radius 2 is 1.08 bits per heavy atom. The second-order valence-electron chi connectivity index (χ2n) is 1.87. The summed E-state index contributed by atoms with van der Waals surface area (Å²) in [6.07, 6.45) is 10.3. The zero-order valence-electron chi connectivity index (χ0n) is 9.46. The summed E-state index contributed by atoms with van der Waals surface area (Å²) in [6.45, 7) is 0. The minimum atomic E-state index is 0. The molecule has 0 atom stereocenters. The molecular formula is C10H8Li2. The van der Waals surface area contributed by atoms with Gasteiger partial charge in [-0.05, 0) is 24.3 Å². The van der Waals surface area contributed by atoms with E-state index in [1.807, 2.05) is 24.3 Å². The quantitative estimate of drug-likeness (QED) is 0.255. The molecule has 0 aromatic heterocycles. The van der Waals surface area contributed by atoms with Crippen molar-refractivity contribution in [3.05, 3.63) is 35.4 Å². The Kier molecular flexibility index (Phi) is 8.45. The molecule has 2 heteroatoms. The van der Waals surface area contributed by atoms with Gasteiger partial charge in [-0.25, -0.2) is 0 Å². The topological polar surface area (TPSA) is 0 Å². The van der Waals surface area contributed by atoms with E-state index >= 15 is 0 Å². The maximum Gasteiger partial charge on any atom is 1.00 e. The predicted molar refractivity (Wildman–Crippen MR) is 44.5 cm³/mol. The summed E-state index contributed by atoms with van der Waals surface area (Å²) < 4.78 is 0. The molecule has 0 saturated carbocycles. The van der Waals surface area contributed by atoms with Gasteiger partial charge in [0.2, 0.25) is 0 Å². The second kappa shape index (κ2) is 7.20. The molecule has 0 saturated heterocycles. The summed E-state index contributed by atoms with van der Waals surface area (Å²) in [5.41, 5.74) is 1.72. The van der Waals surface area contributed by atoms with Gasteiger partial charge >= 0.3 is 37.7 Å². The van der Waals surface area contributed by atoms with Crippen LogP contribution in [-0.2, 0) is 0 Å². The van der Waals surface area contributed by atoms with Gasteiger partial charge in [0, 0.05) is 11.1 Å². The van der Waals surface area contributed by atoms with E-state index in [9.17, 15) is 0 Å². The molecule has 0 bridgehead atoms. The van der Waals surface area contributed by atoms with Gasteiger partial charge in [-0.1, -0.05) is 11.8 Å². The Morgan fingerprint density at radius 1 is 0.833 bits per heavy atom. The Labute approximate surface area is 100 Å². The van der Waals surface area contributed by atoms with Crippen molar-refractivity contribution in [1.82, 2.24) is 0 Å². The molecule has 0 N–H and O–H groups in total. The minimum absolute atomic E-state index is 0. The molecule has 0 amide bonds. The monoisotopic (exact) mass is 142 g/mol. The van der Waals surface area contributed by atoms with Crippen molar-refractivity contribution in [2.75, 3.05) is 0 Å². The fourth-order valence-electron chi connectivity index (χ4n) is 0.663. The van der Waals surface area contributed by atoms with E-state index in [0.717, 1.165) is 11.1 Å². The smallest absolute Gasteiger partial charge is 1.00 e. The Hall–Kier alpha value is -0.465. The first-order chi connectivity index (χ1) is 4.86. The number of rotatable bonds is 0. The zero-order chi connectivity index (χ0) is 7.40. The van der Waals surface area contributed by atoms with Crippen LogP contribution in [0.2, 0.25) is 0 Å². The van der Waals surface area contributed by atoms with E-state index in [4.69, 9.17) is 12.8 Å². The van der Waals surface area contributed by atoms with E-state index in [1.165, 1.54) is 0 Å². The Bertz CT molecular complexity index is 273. The third kappa shape index (κ3) is 3.79. The van der Waals surface area contributed by atoms with Gasteiger partial charge in [-0.15, -0.1) is 12.8 Å². The van der Waals surface area contributed by atoms with Crippen LogP contribution in [0.1, 0.15) is 14.0 Å². The van der Waals surface area contributed by atoms with Gasteiger partial charge in [-0.3, -0.25) is 0 Å². The molecule has 0 unspecified atom stereocenters. The first-order valence-electron chi connectivity index (χ1n) is 2.90. The Balaban J connectivity index is -0.000000125. The van der Waals surface area contributed by atoms with Crippen LogP contribution in [0.25, 0.3) is 0 Å². The van der Waals surface area contributed by atoms with Gasteiger partial charge in [0.1, 0.15) is 0 Å². The van der Waals surface area contributed by atoms with E-state index in [0.29, 0.717) is 0 Å². The van der Waals surface area contributed by atoms with Crippen LogP contribution in [0.15, 0.2) is 24.3 Å². The van der Waals surface area contributed by atoms with Crippen LogP contribution in [0.5, 0.6) is 0 Å². The summed E-state index contributed by atoms with van der Waals surface area (Å²) in [7, 11) is 0. The van der Waals surface area contributed by atoms with Crippen LogP contribution < -0.4 is 37.7 Å². The number of benzene rings is 1. The molecule has 0 aliphatic carbocycles. The molecule has 0 radical (unpaired) electrons. The number of hydrogen-bond donors (Lipinski definition) is 0. The predicted octanol–water partition coefficient (Wildman–Crippen LogP) is -4.12. The third-order valence-electron chi connectivity index (χ3n) is 1.22. The van der Waals surface area contributed by atoms with Crippen molar-refractivity contribution in [1.29, 1.82) is 0 Å². The van der Waals surface area contributed by atoms with E-state index in [2.05, 4.69) is 11.8 Å². The van der Waals surface area contributed by atoms with E-state index in [1.54, 1.807) is 0 Å². The Morgan fingerprint density at radius 3 is 1.25 bits per heavy atom. The van der Waals surface area contributed by atoms with Crippen molar-refractivity contribution >= 4 is 0 Å². The SMILES string of the molecule is C#Cc1ccc(C#C)cc1.[H-].[H-].[Li+].[Li+]. The molecule has 0 spiro atoms. The first-order valence-corrected chi connectivity index (χ1v) is 2.90. The van der Waals surface area contributed by atoms with Gasteiger partial charge < -0.3 is 2.85 Å². The standard InChI is InChI=1S/C10H6.2Li.2H/c1-3-9-5-7-10(4-2)8-6-9;;;;/h1-2,5-8H;;;;/q;2*+1;2*-1. The minimum Gasteiger partial charge on any atom is -1.00 e. The molecule has 1 aromatic rings. The maximum atomic E-state index is 5.14. The van der Waals surface area contributed by atoms with Crippen LogP contribution in [0.4, 0.5) is 0 Å². The fourth-order valence-corrected chi connectivity index (χ4v) is 0.663. The van der Waals surface area contributed by atoms with Crippen LogP contribution >= 0.6 is 0 Å². The van der Waals surface area contributed by atoms with E-state index in [-0.39, 0.29) is 40.6 Å². The van der Waals surface area contributed by atoms with Gasteiger partial charge in [0.05, 0.1) is 0 Å². The van der Waals surface area contributed by atoms with Gasteiger partial charge in [0.15, 0.2) is 0 Å². The van der Waals surface area contributed by atoms with Gasteiger partial charge in [-0.2, -0.15) is 0 Å². The molecule has 0 nitrogen and oxygen atoms in total. The van der Waals surface area contributed by atoms with Crippen molar-refractivity contribution in [2.45, 2.75) is 0 Å². The van der Waals surface area contributed by atoms with Crippen molar-refractivity contribution in [3.63, 3.8) is 0 Å². The molecule has 0 heterocycles. The molecule has 50 valence electrons. The first kappa shape index (κ1) is 14.1. The fraction of sp³-hybridized carbons (Fsp3) is 0. The molecule has 0 fully saturated rings. The average molecular weight is 142 g/mol. The summed E-state index contributed by atoms with van der Waals surface area (Å²) in [5, 5.41) is 0. The third-order valence-corrected chi connectivity index (χ3v) is 1.22. The largest absolute Gasteiger partial charge is 1.00 e. The summed E-state index contributed by atoms with van der Waals surface area (Å²) in [5.74, 6) is 5.02. The van der Waals surface area contributed by atoms with Crippen molar-refractivity contribution in [2.24, 2.45) is 0 Å². The summed E-state index contributed by atoms with van der Waals surface area (Å²) >= 11 is 0. The number of terminal acetylenes is 2. The normalized spacial score (nSPS) is 6.50. The summed E-state index contributed by atoms with van der Waals surface area (Å²) in [6, 6.07) is 7.31. The second-order valence-corrected chi connectivity index (χ2v) is 1.87. The maximum absolute atomic E-state index is 5.14. The molecule has 0 aliphatic heterocycles. The van der Waals surface area contributed by atoms with Crippen LogP contribution in [0.3, 0.4) is 0 Å². The molecular weight excluding hydrogens is 134 g/mol. The van der Waals surface area contributed by atoms with Crippen molar-refractivity contribution in [3.8, 4) is 24.7 Å². The molecule has 1 rings (SSSR count). The molecule has 0 aliphatic rings. The summed E-state index contributed by atoms with van der Waals surface area (Å²) in [4.78, 5) is 0.